The summed E-state index contributed by atoms with van der Waals surface area (Å²) in [5, 5.41) is 11.0. The molecule has 1 aliphatic rings. The Morgan fingerprint density at radius 3 is 2.70 bits per heavy atom. The minimum Gasteiger partial charge on any atom is -0.481 e. The van der Waals surface area contributed by atoms with Crippen LogP contribution in [0.15, 0.2) is 54.7 Å². The first-order valence-corrected chi connectivity index (χ1v) is 10.7. The molecule has 0 spiro atoms. The van der Waals surface area contributed by atoms with Gasteiger partial charge in [-0.25, -0.2) is 18.6 Å². The van der Waals surface area contributed by atoms with Crippen molar-refractivity contribution in [2.24, 2.45) is 5.92 Å². The molecule has 0 saturated heterocycles. The van der Waals surface area contributed by atoms with Gasteiger partial charge < -0.3 is 14.4 Å². The number of carboxylic acid groups (broad SMARTS) is 1. The molecule has 2 aromatic heterocycles. The fourth-order valence-corrected chi connectivity index (χ4v) is 4.63. The molecule has 2 heterocycles. The number of aromatic carboxylic acids is 1. The number of pyridine rings is 1. The van der Waals surface area contributed by atoms with Gasteiger partial charge in [-0.3, -0.25) is 0 Å². The van der Waals surface area contributed by atoms with Crippen molar-refractivity contribution in [3.63, 3.8) is 0 Å². The molecule has 1 N–H and O–H groups in total. The van der Waals surface area contributed by atoms with E-state index in [4.69, 9.17) is 4.74 Å². The van der Waals surface area contributed by atoms with Crippen LogP contribution < -0.4 is 4.74 Å². The summed E-state index contributed by atoms with van der Waals surface area (Å²) >= 11 is 0. The van der Waals surface area contributed by atoms with Crippen molar-refractivity contribution in [1.82, 2.24) is 9.55 Å². The van der Waals surface area contributed by atoms with E-state index in [1.165, 1.54) is 11.7 Å². The van der Waals surface area contributed by atoms with Gasteiger partial charge >= 0.3 is 5.97 Å². The largest absolute Gasteiger partial charge is 0.481 e. The number of benzene rings is 2. The third kappa shape index (κ3) is 3.63. The maximum Gasteiger partial charge on any atom is 0.353 e. The lowest BCUT2D eigenvalue weighted by molar-refractivity contribution is 0.0687. The quantitative estimate of drug-likeness (QED) is 0.401. The first-order chi connectivity index (χ1) is 15.9. The van der Waals surface area contributed by atoms with Gasteiger partial charge in [-0.05, 0) is 66.3 Å². The molecule has 5 rings (SSSR count). The highest BCUT2D eigenvalue weighted by Gasteiger charge is 2.35. The van der Waals surface area contributed by atoms with Gasteiger partial charge in [-0.1, -0.05) is 13.0 Å². The Bertz CT molecular complexity index is 1400. The van der Waals surface area contributed by atoms with Crippen LogP contribution in [0.2, 0.25) is 0 Å². The predicted molar refractivity (Wildman–Crippen MR) is 121 cm³/mol. The molecule has 33 heavy (non-hydrogen) atoms. The summed E-state index contributed by atoms with van der Waals surface area (Å²) in [7, 11) is 1.48. The van der Waals surface area contributed by atoms with Crippen molar-refractivity contribution in [2.75, 3.05) is 7.11 Å². The van der Waals surface area contributed by atoms with E-state index in [0.29, 0.717) is 39.7 Å². The van der Waals surface area contributed by atoms with Gasteiger partial charge in [0.2, 0.25) is 5.88 Å². The third-order valence-corrected chi connectivity index (χ3v) is 6.40. The zero-order valence-electron chi connectivity index (χ0n) is 18.2. The second-order valence-electron chi connectivity index (χ2n) is 8.51. The van der Waals surface area contributed by atoms with Crippen LogP contribution in [0.3, 0.4) is 0 Å². The summed E-state index contributed by atoms with van der Waals surface area (Å²) < 4.78 is 35.3. The molecular weight excluding hydrogens is 426 g/mol. The van der Waals surface area contributed by atoms with Gasteiger partial charge in [0, 0.05) is 33.8 Å². The number of nitrogens with zero attached hydrogens (tertiary/aromatic N) is 2. The number of carbonyl (C=O) groups is 1. The Morgan fingerprint density at radius 1 is 1.21 bits per heavy atom. The zero-order chi connectivity index (χ0) is 23.3. The number of hydrogen-bond donors (Lipinski definition) is 1. The highest BCUT2D eigenvalue weighted by Crippen LogP contribution is 2.49. The highest BCUT2D eigenvalue weighted by molar-refractivity contribution is 6.09. The predicted octanol–water partition coefficient (Wildman–Crippen LogP) is 5.86. The molecule has 1 unspecified atom stereocenters. The van der Waals surface area contributed by atoms with Crippen LogP contribution in [0.1, 0.15) is 40.9 Å². The molecule has 2 atom stereocenters. The lowest BCUT2D eigenvalue weighted by atomic mass is 9.99. The van der Waals surface area contributed by atoms with E-state index in [9.17, 15) is 18.7 Å². The summed E-state index contributed by atoms with van der Waals surface area (Å²) in [5.41, 5.74) is 2.77. The molecule has 0 aliphatic heterocycles. The summed E-state index contributed by atoms with van der Waals surface area (Å²) in [6, 6.07) is 12.5. The van der Waals surface area contributed by atoms with E-state index in [1.807, 2.05) is 18.2 Å². The van der Waals surface area contributed by atoms with Crippen LogP contribution in [-0.4, -0.2) is 27.7 Å². The second-order valence-corrected chi connectivity index (χ2v) is 8.51. The molecule has 0 bridgehead atoms. The molecule has 0 radical (unpaired) electrons. The van der Waals surface area contributed by atoms with Gasteiger partial charge in [0.1, 0.15) is 17.3 Å². The van der Waals surface area contributed by atoms with Gasteiger partial charge in [0.15, 0.2) is 0 Å². The fraction of sp³-hybridized carbons (Fsp3) is 0.231. The number of fused-ring (bicyclic) bond motifs is 1. The van der Waals surface area contributed by atoms with Gasteiger partial charge in [-0.2, -0.15) is 0 Å². The number of aromatic nitrogens is 2. The van der Waals surface area contributed by atoms with Gasteiger partial charge in [0.05, 0.1) is 13.7 Å². The number of ether oxygens (including phenoxy) is 1. The molecule has 1 fully saturated rings. The Labute approximate surface area is 189 Å². The molecule has 168 valence electrons. The Morgan fingerprint density at radius 2 is 2.00 bits per heavy atom. The highest BCUT2D eigenvalue weighted by atomic mass is 19.1. The van der Waals surface area contributed by atoms with E-state index in [-0.39, 0.29) is 17.8 Å². The molecule has 7 heteroatoms. The first kappa shape index (κ1) is 21.1. The number of methoxy groups -OCH3 is 1. The third-order valence-electron chi connectivity index (χ3n) is 6.40. The van der Waals surface area contributed by atoms with Crippen molar-refractivity contribution < 1.29 is 23.4 Å². The van der Waals surface area contributed by atoms with E-state index in [1.54, 1.807) is 18.3 Å². The van der Waals surface area contributed by atoms with Crippen LogP contribution in [0.25, 0.3) is 22.0 Å². The number of halogens is 2. The summed E-state index contributed by atoms with van der Waals surface area (Å²) in [6.45, 7) is 2.05. The lowest BCUT2D eigenvalue weighted by Crippen LogP contribution is -2.12. The normalized spacial score (nSPS) is 17.3. The average molecular weight is 448 g/mol. The molecule has 1 saturated carbocycles. The fourth-order valence-electron chi connectivity index (χ4n) is 4.63. The summed E-state index contributed by atoms with van der Waals surface area (Å²) in [4.78, 5) is 16.8. The minimum atomic E-state index is -1.18. The van der Waals surface area contributed by atoms with Crippen molar-refractivity contribution >= 4 is 16.9 Å². The Balaban J connectivity index is 1.82. The average Bonchev–Trinajstić information content (AvgIpc) is 3.45. The first-order valence-electron chi connectivity index (χ1n) is 10.7. The van der Waals surface area contributed by atoms with Crippen molar-refractivity contribution in [1.29, 1.82) is 0 Å². The monoisotopic (exact) mass is 448 g/mol. The smallest absolute Gasteiger partial charge is 0.353 e. The SMILES string of the molecule is COc1ncccc1-c1c(C(=O)O)n(Cc2cc(F)ccc2F)c2ccc(C3C[C@H]3C)cc12. The standard InChI is InChI=1S/C26H22F2N2O3/c1-14-10-19(14)15-5-8-22-20(12-15)23(18-4-3-9-29-25(18)33-2)24(26(31)32)30(22)13-16-11-17(27)6-7-21(16)28/h3-9,11-12,14,19H,10,13H2,1-2H3,(H,31,32)/t14-,19?/m1/s1. The van der Waals surface area contributed by atoms with Crippen molar-refractivity contribution in [2.45, 2.75) is 25.8 Å². The maximum absolute atomic E-state index is 14.5. The molecule has 5 nitrogen and oxygen atoms in total. The summed E-state index contributed by atoms with van der Waals surface area (Å²) in [6.07, 6.45) is 2.65. The lowest BCUT2D eigenvalue weighted by Gasteiger charge is -2.11. The number of hydrogen-bond acceptors (Lipinski definition) is 3. The molecule has 1 aliphatic carbocycles. The van der Waals surface area contributed by atoms with Crippen LogP contribution in [0.5, 0.6) is 5.88 Å². The van der Waals surface area contributed by atoms with Crippen molar-refractivity contribution in [3.05, 3.63) is 83.2 Å². The summed E-state index contributed by atoms with van der Waals surface area (Å²) in [5.74, 6) is -1.07. The van der Waals surface area contributed by atoms with E-state index in [0.717, 1.165) is 30.2 Å². The van der Waals surface area contributed by atoms with Crippen LogP contribution in [0, 0.1) is 17.6 Å². The van der Waals surface area contributed by atoms with Crippen molar-refractivity contribution in [3.8, 4) is 17.0 Å². The van der Waals surface area contributed by atoms with Crippen LogP contribution >= 0.6 is 0 Å². The van der Waals surface area contributed by atoms with E-state index < -0.39 is 17.6 Å². The topological polar surface area (TPSA) is 64.3 Å². The number of carboxylic acids is 1. The van der Waals surface area contributed by atoms with Crippen LogP contribution in [-0.2, 0) is 6.54 Å². The van der Waals surface area contributed by atoms with Gasteiger partial charge in [-0.15, -0.1) is 0 Å². The Kier molecular flexibility index (Phi) is 5.12. The van der Waals surface area contributed by atoms with E-state index >= 15 is 0 Å². The van der Waals surface area contributed by atoms with Crippen LogP contribution in [0.4, 0.5) is 8.78 Å². The van der Waals surface area contributed by atoms with E-state index in [2.05, 4.69) is 11.9 Å². The second kappa shape index (κ2) is 7.99. The molecular formula is C26H22F2N2O3. The molecule has 4 aromatic rings. The molecule has 2 aromatic carbocycles. The van der Waals surface area contributed by atoms with Gasteiger partial charge in [0.25, 0.3) is 0 Å². The number of rotatable bonds is 6. The zero-order valence-corrected chi connectivity index (χ0v) is 18.2. The Hall–Kier alpha value is -3.74. The molecule has 0 amide bonds. The minimum absolute atomic E-state index is 0.0269. The maximum atomic E-state index is 14.5.